The van der Waals surface area contributed by atoms with Crippen LogP contribution in [0.3, 0.4) is 0 Å². The van der Waals surface area contributed by atoms with Crippen LogP contribution >= 0.6 is 0 Å². The molecule has 0 radical (unpaired) electrons. The van der Waals surface area contributed by atoms with Gasteiger partial charge in [-0.3, -0.25) is 0 Å². The van der Waals surface area contributed by atoms with E-state index in [1.807, 2.05) is 11.0 Å². The van der Waals surface area contributed by atoms with Gasteiger partial charge in [0.05, 0.1) is 37.7 Å². The summed E-state index contributed by atoms with van der Waals surface area (Å²) in [6, 6.07) is 7.54. The highest BCUT2D eigenvalue weighted by Gasteiger charge is 2.22. The third-order valence-corrected chi connectivity index (χ3v) is 3.01. The summed E-state index contributed by atoms with van der Waals surface area (Å²) in [7, 11) is 1.60. The maximum absolute atomic E-state index is 9.14. The molecule has 1 aromatic rings. The topological polar surface area (TPSA) is 65.7 Å². The van der Waals surface area contributed by atoms with Gasteiger partial charge in [-0.25, -0.2) is 0 Å². The number of hydrogen-bond acceptors (Lipinski definition) is 5. The standard InChI is InChI=1S/C13H16N2O3/c1-17-11-3-2-10(7-14)13(6-11)15-4-5-18-12(8-15)9-16/h2-3,6,12,16H,4-5,8-9H2,1H3. The van der Waals surface area contributed by atoms with Gasteiger partial charge in [-0.15, -0.1) is 0 Å². The van der Waals surface area contributed by atoms with E-state index in [2.05, 4.69) is 6.07 Å². The predicted molar refractivity (Wildman–Crippen MR) is 66.7 cm³/mol. The molecule has 0 spiro atoms. The summed E-state index contributed by atoms with van der Waals surface area (Å²) < 4.78 is 10.6. The average molecular weight is 248 g/mol. The highest BCUT2D eigenvalue weighted by atomic mass is 16.5. The van der Waals surface area contributed by atoms with Crippen LogP contribution < -0.4 is 9.64 Å². The molecule has 1 aliphatic heterocycles. The van der Waals surface area contributed by atoms with Crippen molar-refractivity contribution in [1.82, 2.24) is 0 Å². The Labute approximate surface area is 106 Å². The van der Waals surface area contributed by atoms with Crippen molar-refractivity contribution in [2.75, 3.05) is 38.3 Å². The van der Waals surface area contributed by atoms with Gasteiger partial charge in [-0.1, -0.05) is 0 Å². The number of aliphatic hydroxyl groups is 1. The zero-order chi connectivity index (χ0) is 13.0. The molecule has 1 atom stereocenters. The van der Waals surface area contributed by atoms with Gasteiger partial charge in [0.15, 0.2) is 0 Å². The molecule has 2 rings (SSSR count). The van der Waals surface area contributed by atoms with Crippen molar-refractivity contribution in [3.05, 3.63) is 23.8 Å². The van der Waals surface area contributed by atoms with E-state index in [4.69, 9.17) is 19.8 Å². The van der Waals surface area contributed by atoms with Gasteiger partial charge in [0, 0.05) is 19.2 Å². The predicted octanol–water partition coefficient (Wildman–Crippen LogP) is 0.764. The van der Waals surface area contributed by atoms with Gasteiger partial charge in [0.2, 0.25) is 0 Å². The van der Waals surface area contributed by atoms with Crippen molar-refractivity contribution in [3.63, 3.8) is 0 Å². The van der Waals surface area contributed by atoms with Crippen molar-refractivity contribution in [1.29, 1.82) is 5.26 Å². The third-order valence-electron chi connectivity index (χ3n) is 3.01. The fraction of sp³-hybridized carbons (Fsp3) is 0.462. The van der Waals surface area contributed by atoms with Gasteiger partial charge in [-0.05, 0) is 12.1 Å². The Morgan fingerprint density at radius 3 is 3.11 bits per heavy atom. The molecule has 0 amide bonds. The van der Waals surface area contributed by atoms with Crippen LogP contribution in [-0.2, 0) is 4.74 Å². The van der Waals surface area contributed by atoms with E-state index in [0.717, 1.165) is 11.4 Å². The molecular weight excluding hydrogens is 232 g/mol. The Morgan fingerprint density at radius 2 is 2.44 bits per heavy atom. The Kier molecular flexibility index (Phi) is 4.03. The van der Waals surface area contributed by atoms with Gasteiger partial charge in [0.1, 0.15) is 11.8 Å². The lowest BCUT2D eigenvalue weighted by Gasteiger charge is -2.34. The van der Waals surface area contributed by atoms with Crippen LogP contribution in [0.15, 0.2) is 18.2 Å². The summed E-state index contributed by atoms with van der Waals surface area (Å²) in [6.45, 7) is 1.83. The largest absolute Gasteiger partial charge is 0.497 e. The molecule has 1 saturated heterocycles. The summed E-state index contributed by atoms with van der Waals surface area (Å²) in [5.41, 5.74) is 1.44. The van der Waals surface area contributed by atoms with E-state index in [0.29, 0.717) is 25.3 Å². The average Bonchev–Trinajstić information content (AvgIpc) is 2.46. The maximum atomic E-state index is 9.14. The first-order valence-electron chi connectivity index (χ1n) is 5.84. The molecular formula is C13H16N2O3. The number of hydrogen-bond donors (Lipinski definition) is 1. The minimum absolute atomic E-state index is 0.0116. The van der Waals surface area contributed by atoms with E-state index in [1.165, 1.54) is 0 Å². The second-order valence-corrected chi connectivity index (χ2v) is 4.12. The summed E-state index contributed by atoms with van der Waals surface area (Å²) in [5.74, 6) is 0.719. The lowest BCUT2D eigenvalue weighted by atomic mass is 10.1. The zero-order valence-electron chi connectivity index (χ0n) is 10.3. The molecule has 1 heterocycles. The minimum Gasteiger partial charge on any atom is -0.497 e. The van der Waals surface area contributed by atoms with Crippen molar-refractivity contribution in [2.24, 2.45) is 0 Å². The van der Waals surface area contributed by atoms with Crippen molar-refractivity contribution in [3.8, 4) is 11.8 Å². The van der Waals surface area contributed by atoms with Crippen LogP contribution in [0.4, 0.5) is 5.69 Å². The van der Waals surface area contributed by atoms with Crippen molar-refractivity contribution >= 4 is 5.69 Å². The Morgan fingerprint density at radius 1 is 1.61 bits per heavy atom. The van der Waals surface area contributed by atoms with Crippen LogP contribution in [0, 0.1) is 11.3 Å². The Balaban J connectivity index is 2.28. The summed E-state index contributed by atoms with van der Waals surface area (Å²) in [6.07, 6.45) is -0.198. The number of nitriles is 1. The van der Waals surface area contributed by atoms with Gasteiger partial charge < -0.3 is 19.5 Å². The van der Waals surface area contributed by atoms with Crippen molar-refractivity contribution in [2.45, 2.75) is 6.10 Å². The second-order valence-electron chi connectivity index (χ2n) is 4.12. The quantitative estimate of drug-likeness (QED) is 0.855. The second kappa shape index (κ2) is 5.71. The lowest BCUT2D eigenvalue weighted by Crippen LogP contribution is -2.44. The van der Waals surface area contributed by atoms with Gasteiger partial charge in [-0.2, -0.15) is 5.26 Å². The van der Waals surface area contributed by atoms with E-state index in [1.54, 1.807) is 19.2 Å². The molecule has 1 aliphatic rings. The summed E-state index contributed by atoms with van der Waals surface area (Å²) in [5, 5.41) is 18.3. The molecule has 96 valence electrons. The fourth-order valence-electron chi connectivity index (χ4n) is 2.04. The zero-order valence-corrected chi connectivity index (χ0v) is 10.3. The lowest BCUT2D eigenvalue weighted by molar-refractivity contribution is 0.00355. The van der Waals surface area contributed by atoms with E-state index in [9.17, 15) is 0 Å². The maximum Gasteiger partial charge on any atom is 0.121 e. The minimum atomic E-state index is -0.198. The highest BCUT2D eigenvalue weighted by Crippen LogP contribution is 2.27. The first kappa shape index (κ1) is 12.7. The van der Waals surface area contributed by atoms with Crippen molar-refractivity contribution < 1.29 is 14.6 Å². The Bertz CT molecular complexity index is 456. The van der Waals surface area contributed by atoms with Crippen LogP contribution in [0.2, 0.25) is 0 Å². The first-order valence-corrected chi connectivity index (χ1v) is 5.84. The smallest absolute Gasteiger partial charge is 0.121 e. The number of methoxy groups -OCH3 is 1. The number of anilines is 1. The van der Waals surface area contributed by atoms with Crippen LogP contribution in [0.5, 0.6) is 5.75 Å². The summed E-state index contributed by atoms with van der Waals surface area (Å²) >= 11 is 0. The van der Waals surface area contributed by atoms with Crippen LogP contribution in [-0.4, -0.2) is 44.6 Å². The fourth-order valence-corrected chi connectivity index (χ4v) is 2.04. The SMILES string of the molecule is COc1ccc(C#N)c(N2CCOC(CO)C2)c1. The number of ether oxygens (including phenoxy) is 2. The molecule has 5 heteroatoms. The molecule has 18 heavy (non-hydrogen) atoms. The molecule has 0 bridgehead atoms. The molecule has 1 fully saturated rings. The molecule has 1 N–H and O–H groups in total. The Hall–Kier alpha value is -1.77. The molecule has 0 aromatic heterocycles. The monoisotopic (exact) mass is 248 g/mol. The van der Waals surface area contributed by atoms with E-state index >= 15 is 0 Å². The molecule has 1 aromatic carbocycles. The van der Waals surface area contributed by atoms with Gasteiger partial charge in [0.25, 0.3) is 0 Å². The highest BCUT2D eigenvalue weighted by molar-refractivity contribution is 5.62. The number of rotatable bonds is 3. The molecule has 1 unspecified atom stereocenters. The molecule has 0 aliphatic carbocycles. The van der Waals surface area contributed by atoms with Crippen LogP contribution in [0.25, 0.3) is 0 Å². The number of nitrogens with zero attached hydrogens (tertiary/aromatic N) is 2. The molecule has 0 saturated carbocycles. The number of morpholine rings is 1. The van der Waals surface area contributed by atoms with E-state index < -0.39 is 0 Å². The molecule has 5 nitrogen and oxygen atoms in total. The summed E-state index contributed by atoms with van der Waals surface area (Å²) in [4.78, 5) is 2.05. The van der Waals surface area contributed by atoms with Crippen LogP contribution in [0.1, 0.15) is 5.56 Å². The normalized spacial score (nSPS) is 19.4. The number of aliphatic hydroxyl groups excluding tert-OH is 1. The van der Waals surface area contributed by atoms with Gasteiger partial charge >= 0.3 is 0 Å². The number of benzene rings is 1. The third kappa shape index (κ3) is 2.55. The van der Waals surface area contributed by atoms with E-state index in [-0.39, 0.29) is 12.7 Å². The first-order chi connectivity index (χ1) is 8.78.